The largest absolute Gasteiger partial charge is 0.337 e. The van der Waals surface area contributed by atoms with E-state index < -0.39 is 21.9 Å². The van der Waals surface area contributed by atoms with Crippen LogP contribution in [0.4, 0.5) is 5.69 Å². The van der Waals surface area contributed by atoms with Crippen LogP contribution >= 0.6 is 23.2 Å². The van der Waals surface area contributed by atoms with E-state index in [1.165, 1.54) is 31.0 Å². The van der Waals surface area contributed by atoms with Crippen LogP contribution in [0.3, 0.4) is 0 Å². The van der Waals surface area contributed by atoms with E-state index in [-0.39, 0.29) is 44.4 Å². The summed E-state index contributed by atoms with van der Waals surface area (Å²) in [5, 5.41) is 11.7. The fourth-order valence-corrected chi connectivity index (χ4v) is 3.36. The Hall–Kier alpha value is -3.17. The average molecular weight is 437 g/mol. The average Bonchev–Trinajstić information content (AvgIpc) is 2.66. The Morgan fingerprint density at radius 2 is 1.86 bits per heavy atom. The lowest BCUT2D eigenvalue weighted by Crippen LogP contribution is -2.31. The van der Waals surface area contributed by atoms with Crippen molar-refractivity contribution in [2.45, 2.75) is 13.5 Å². The molecule has 1 aromatic heterocycles. The number of aromatic amines is 2. The molecular formula is C18H14Cl2N4O5. The van der Waals surface area contributed by atoms with Crippen molar-refractivity contribution in [2.75, 3.05) is 7.05 Å². The van der Waals surface area contributed by atoms with Crippen LogP contribution in [0.1, 0.15) is 21.5 Å². The number of hydrogen-bond acceptors (Lipinski definition) is 5. The number of fused-ring (bicyclic) bond motifs is 1. The van der Waals surface area contributed by atoms with Gasteiger partial charge in [-0.25, -0.2) is 0 Å². The van der Waals surface area contributed by atoms with Gasteiger partial charge in [0.25, 0.3) is 11.6 Å². The van der Waals surface area contributed by atoms with Crippen molar-refractivity contribution in [3.8, 4) is 0 Å². The molecule has 11 heteroatoms. The van der Waals surface area contributed by atoms with Gasteiger partial charge < -0.3 is 14.9 Å². The molecule has 3 rings (SSSR count). The number of nitrogens with zero attached hydrogens (tertiary/aromatic N) is 2. The van der Waals surface area contributed by atoms with E-state index in [4.69, 9.17) is 23.2 Å². The van der Waals surface area contributed by atoms with Crippen LogP contribution in [0, 0.1) is 17.0 Å². The van der Waals surface area contributed by atoms with Gasteiger partial charge in [0.05, 0.1) is 31.6 Å². The molecule has 0 radical (unpaired) electrons. The standard InChI is InChI=1S/C18H14Cl2N4O5/c1-8-10(7-23(2)18(27)9-4-3-5-11(19)14(9)20)15-12(6-13(8)24(28)29)21-16(25)17(26)22-15/h3-6H,7H2,1-2H3,(H,21,25)(H,22,26). The van der Waals surface area contributed by atoms with Gasteiger partial charge >= 0.3 is 11.1 Å². The number of nitro groups is 1. The molecular weight excluding hydrogens is 423 g/mol. The van der Waals surface area contributed by atoms with Gasteiger partial charge in [0.15, 0.2) is 0 Å². The summed E-state index contributed by atoms with van der Waals surface area (Å²) in [4.78, 5) is 53.1. The number of carbonyl (C=O) groups is 1. The molecule has 150 valence electrons. The van der Waals surface area contributed by atoms with E-state index in [9.17, 15) is 24.5 Å². The normalized spacial score (nSPS) is 10.9. The maximum absolute atomic E-state index is 12.8. The monoisotopic (exact) mass is 436 g/mol. The summed E-state index contributed by atoms with van der Waals surface area (Å²) in [6.45, 7) is 1.41. The Bertz CT molecular complexity index is 1280. The minimum absolute atomic E-state index is 0.0866. The number of H-pyrrole nitrogens is 2. The number of nitro benzene ring substituents is 1. The Morgan fingerprint density at radius 3 is 2.52 bits per heavy atom. The number of halogens is 2. The van der Waals surface area contributed by atoms with Crippen molar-refractivity contribution in [1.29, 1.82) is 0 Å². The van der Waals surface area contributed by atoms with Gasteiger partial charge in [-0.15, -0.1) is 0 Å². The smallest absolute Gasteiger partial charge is 0.314 e. The lowest BCUT2D eigenvalue weighted by molar-refractivity contribution is -0.385. The van der Waals surface area contributed by atoms with E-state index in [0.717, 1.165) is 0 Å². The topological polar surface area (TPSA) is 129 Å². The molecule has 1 heterocycles. The van der Waals surface area contributed by atoms with Gasteiger partial charge in [-0.2, -0.15) is 0 Å². The predicted octanol–water partition coefficient (Wildman–Crippen LogP) is 3.01. The quantitative estimate of drug-likeness (QED) is 0.368. The Kier molecular flexibility index (Phi) is 5.45. The lowest BCUT2D eigenvalue weighted by Gasteiger charge is -2.20. The molecule has 0 aliphatic rings. The first-order chi connectivity index (χ1) is 13.6. The predicted molar refractivity (Wildman–Crippen MR) is 109 cm³/mol. The summed E-state index contributed by atoms with van der Waals surface area (Å²) < 4.78 is 0. The number of hydrogen-bond donors (Lipinski definition) is 2. The molecule has 0 fully saturated rings. The van der Waals surface area contributed by atoms with Crippen molar-refractivity contribution >= 4 is 45.8 Å². The van der Waals surface area contributed by atoms with Crippen LogP contribution in [0.25, 0.3) is 11.0 Å². The van der Waals surface area contributed by atoms with Crippen molar-refractivity contribution in [3.63, 3.8) is 0 Å². The third kappa shape index (κ3) is 3.74. The van der Waals surface area contributed by atoms with E-state index in [1.54, 1.807) is 12.1 Å². The molecule has 1 amide bonds. The number of rotatable bonds is 4. The number of carbonyl (C=O) groups excluding carboxylic acids is 1. The molecule has 2 aromatic carbocycles. The van der Waals surface area contributed by atoms with Crippen LogP contribution in [-0.4, -0.2) is 32.7 Å². The second kappa shape index (κ2) is 7.69. The minimum atomic E-state index is -0.934. The highest BCUT2D eigenvalue weighted by atomic mass is 35.5. The summed E-state index contributed by atoms with van der Waals surface area (Å²) in [5.74, 6) is -0.469. The van der Waals surface area contributed by atoms with Crippen LogP contribution in [0.15, 0.2) is 33.9 Å². The maximum Gasteiger partial charge on any atom is 0.314 e. The van der Waals surface area contributed by atoms with E-state index >= 15 is 0 Å². The van der Waals surface area contributed by atoms with E-state index in [2.05, 4.69) is 9.97 Å². The Labute approximate surface area is 173 Å². The maximum atomic E-state index is 12.8. The Morgan fingerprint density at radius 1 is 1.21 bits per heavy atom. The van der Waals surface area contributed by atoms with Gasteiger partial charge in [0.2, 0.25) is 0 Å². The molecule has 29 heavy (non-hydrogen) atoms. The summed E-state index contributed by atoms with van der Waals surface area (Å²) in [5.41, 5.74) is -1.07. The van der Waals surface area contributed by atoms with Crippen LogP contribution < -0.4 is 11.1 Å². The van der Waals surface area contributed by atoms with E-state index in [0.29, 0.717) is 5.56 Å². The number of aromatic nitrogens is 2. The van der Waals surface area contributed by atoms with Crippen molar-refractivity contribution in [2.24, 2.45) is 0 Å². The SMILES string of the molecule is Cc1c([N+](=O)[O-])cc2[nH]c(=O)c(=O)[nH]c2c1CN(C)C(=O)c1cccc(Cl)c1Cl. The highest BCUT2D eigenvalue weighted by Gasteiger charge is 2.23. The summed E-state index contributed by atoms with van der Waals surface area (Å²) in [6, 6.07) is 5.79. The molecule has 0 aliphatic carbocycles. The fourth-order valence-electron chi connectivity index (χ4n) is 2.98. The van der Waals surface area contributed by atoms with Gasteiger partial charge in [0.1, 0.15) is 0 Å². The van der Waals surface area contributed by atoms with E-state index in [1.807, 2.05) is 0 Å². The second-order valence-corrected chi connectivity index (χ2v) is 7.13. The molecule has 0 unspecified atom stereocenters. The number of amides is 1. The Balaban J connectivity index is 2.14. The molecule has 9 nitrogen and oxygen atoms in total. The minimum Gasteiger partial charge on any atom is -0.337 e. The second-order valence-electron chi connectivity index (χ2n) is 6.35. The molecule has 0 spiro atoms. The number of nitrogens with one attached hydrogen (secondary N) is 2. The lowest BCUT2D eigenvalue weighted by atomic mass is 10.0. The summed E-state index contributed by atoms with van der Waals surface area (Å²) in [7, 11) is 1.48. The van der Waals surface area contributed by atoms with Crippen LogP contribution in [0.2, 0.25) is 10.0 Å². The van der Waals surface area contributed by atoms with Gasteiger partial charge in [0, 0.05) is 30.8 Å². The molecule has 3 aromatic rings. The highest BCUT2D eigenvalue weighted by Crippen LogP contribution is 2.30. The first kappa shape index (κ1) is 20.6. The third-order valence-corrected chi connectivity index (χ3v) is 5.32. The molecule has 0 bridgehead atoms. The summed E-state index contributed by atoms with van der Waals surface area (Å²) in [6.07, 6.45) is 0. The number of benzene rings is 2. The molecule has 0 aliphatic heterocycles. The zero-order valence-corrected chi connectivity index (χ0v) is 16.7. The van der Waals surface area contributed by atoms with Crippen molar-refractivity contribution in [1.82, 2.24) is 14.9 Å². The summed E-state index contributed by atoms with van der Waals surface area (Å²) >= 11 is 12.1. The third-order valence-electron chi connectivity index (χ3n) is 4.50. The fraction of sp³-hybridized carbons (Fsp3) is 0.167. The van der Waals surface area contributed by atoms with Gasteiger partial charge in [-0.1, -0.05) is 29.3 Å². The van der Waals surface area contributed by atoms with Crippen molar-refractivity contribution < 1.29 is 9.72 Å². The molecule has 0 saturated carbocycles. The zero-order chi connectivity index (χ0) is 21.5. The first-order valence-electron chi connectivity index (χ1n) is 8.24. The van der Waals surface area contributed by atoms with Crippen LogP contribution in [0.5, 0.6) is 0 Å². The molecule has 0 saturated heterocycles. The molecule has 0 atom stereocenters. The first-order valence-corrected chi connectivity index (χ1v) is 9.00. The van der Waals surface area contributed by atoms with Crippen molar-refractivity contribution in [3.05, 3.63) is 81.8 Å². The molecule has 2 N–H and O–H groups in total. The highest BCUT2D eigenvalue weighted by molar-refractivity contribution is 6.43. The van der Waals surface area contributed by atoms with Gasteiger partial charge in [-0.3, -0.25) is 24.5 Å². The van der Waals surface area contributed by atoms with Crippen LogP contribution in [-0.2, 0) is 6.54 Å². The van der Waals surface area contributed by atoms with Gasteiger partial charge in [-0.05, 0) is 19.1 Å². The zero-order valence-electron chi connectivity index (χ0n) is 15.2.